The molecule has 0 atom stereocenters. The molecule has 0 fully saturated rings. The smallest absolute Gasteiger partial charge is 0.213 e. The van der Waals surface area contributed by atoms with Gasteiger partial charge >= 0.3 is 0 Å². The average molecular weight is 469 g/mol. The second-order valence-electron chi connectivity index (χ2n) is 6.78. The maximum atomic E-state index is 12.0. The van der Waals surface area contributed by atoms with Crippen LogP contribution in [-0.4, -0.2) is 53.7 Å². The van der Waals surface area contributed by atoms with E-state index < -0.39 is 10.0 Å². The molecule has 0 unspecified atom stereocenters. The van der Waals surface area contributed by atoms with Crippen LogP contribution in [0, 0.1) is 0 Å². The van der Waals surface area contributed by atoms with Crippen LogP contribution in [0.25, 0.3) is 21.9 Å². The number of sulfonamides is 1. The van der Waals surface area contributed by atoms with E-state index in [0.29, 0.717) is 26.2 Å². The van der Waals surface area contributed by atoms with Crippen molar-refractivity contribution in [3.8, 4) is 0 Å². The molecule has 0 spiro atoms. The Morgan fingerprint density at radius 2 is 2.00 bits per heavy atom. The van der Waals surface area contributed by atoms with E-state index in [2.05, 4.69) is 25.5 Å². The molecule has 152 valence electrons. The van der Waals surface area contributed by atoms with E-state index in [1.165, 1.54) is 4.31 Å². The highest BCUT2D eigenvalue weighted by Gasteiger charge is 2.16. The molecule has 0 N–H and O–H groups in total. The molecule has 0 aliphatic rings. The first-order chi connectivity index (χ1) is 13.3. The Labute approximate surface area is 173 Å². The van der Waals surface area contributed by atoms with Crippen molar-refractivity contribution in [2.24, 2.45) is 0 Å². The van der Waals surface area contributed by atoms with Gasteiger partial charge in [0.25, 0.3) is 0 Å². The van der Waals surface area contributed by atoms with Gasteiger partial charge in [0.2, 0.25) is 10.0 Å². The molecule has 0 bridgehead atoms. The normalized spacial score (nSPS) is 12.5. The standard InChI is InChI=1S/C19H25BrN4O3S/c1-4-27-13-18-22-17-12-21-16-11-14(20)7-8-15(16)19(17)24(18)9-5-6-10-28(25,26)23(2)3/h7-8,11-12H,4-6,9-10,13H2,1-3H3. The highest BCUT2D eigenvalue weighted by Crippen LogP contribution is 2.27. The number of fused-ring (bicyclic) bond motifs is 3. The van der Waals surface area contributed by atoms with Gasteiger partial charge in [0.15, 0.2) is 0 Å². The molecule has 3 rings (SSSR count). The Morgan fingerprint density at radius 1 is 1.21 bits per heavy atom. The largest absolute Gasteiger partial charge is 0.374 e. The third-order valence-electron chi connectivity index (χ3n) is 4.64. The molecule has 3 aromatic rings. The summed E-state index contributed by atoms with van der Waals surface area (Å²) in [5.41, 5.74) is 2.73. The summed E-state index contributed by atoms with van der Waals surface area (Å²) in [7, 11) is -0.0457. The first kappa shape index (κ1) is 21.2. The fourth-order valence-corrected chi connectivity index (χ4v) is 4.40. The highest BCUT2D eigenvalue weighted by atomic mass is 79.9. The Hall–Kier alpha value is -1.55. The Morgan fingerprint density at radius 3 is 2.71 bits per heavy atom. The van der Waals surface area contributed by atoms with Crippen molar-refractivity contribution in [1.82, 2.24) is 18.8 Å². The van der Waals surface area contributed by atoms with Gasteiger partial charge in [0, 0.05) is 37.1 Å². The lowest BCUT2D eigenvalue weighted by molar-refractivity contribution is 0.126. The van der Waals surface area contributed by atoms with E-state index in [-0.39, 0.29) is 5.75 Å². The quantitative estimate of drug-likeness (QED) is 0.448. The number of imidazole rings is 1. The SMILES string of the molecule is CCOCc1nc2cnc3cc(Br)ccc3c2n1CCCCS(=O)(=O)N(C)C. The van der Waals surface area contributed by atoms with Gasteiger partial charge in [-0.3, -0.25) is 4.98 Å². The van der Waals surface area contributed by atoms with Crippen molar-refractivity contribution in [3.63, 3.8) is 0 Å². The van der Waals surface area contributed by atoms with Crippen LogP contribution in [0.1, 0.15) is 25.6 Å². The Kier molecular flexibility index (Phi) is 6.69. The zero-order chi connectivity index (χ0) is 20.3. The van der Waals surface area contributed by atoms with Gasteiger partial charge in [-0.05, 0) is 38.0 Å². The van der Waals surface area contributed by atoms with E-state index in [9.17, 15) is 8.42 Å². The number of halogens is 1. The summed E-state index contributed by atoms with van der Waals surface area (Å²) in [6, 6.07) is 6.01. The molecule has 7 nitrogen and oxygen atoms in total. The summed E-state index contributed by atoms with van der Waals surface area (Å²) >= 11 is 3.49. The number of benzene rings is 1. The molecule has 0 amide bonds. The van der Waals surface area contributed by atoms with Crippen LogP contribution in [-0.2, 0) is 27.9 Å². The van der Waals surface area contributed by atoms with Crippen molar-refractivity contribution in [1.29, 1.82) is 0 Å². The van der Waals surface area contributed by atoms with Crippen LogP contribution in [0.15, 0.2) is 28.9 Å². The predicted octanol–water partition coefficient (Wildman–Crippen LogP) is 3.56. The molecule has 0 saturated carbocycles. The van der Waals surface area contributed by atoms with E-state index in [0.717, 1.165) is 38.7 Å². The second-order valence-corrected chi connectivity index (χ2v) is 9.99. The zero-order valence-electron chi connectivity index (χ0n) is 16.4. The molecular weight excluding hydrogens is 444 g/mol. The van der Waals surface area contributed by atoms with Crippen molar-refractivity contribution in [3.05, 3.63) is 34.7 Å². The second kappa shape index (κ2) is 8.86. The van der Waals surface area contributed by atoms with Crippen LogP contribution in [0.4, 0.5) is 0 Å². The summed E-state index contributed by atoms with van der Waals surface area (Å²) in [5.74, 6) is 0.979. The fourth-order valence-electron chi connectivity index (χ4n) is 3.12. The maximum Gasteiger partial charge on any atom is 0.213 e. The minimum Gasteiger partial charge on any atom is -0.374 e. The number of hydrogen-bond donors (Lipinski definition) is 0. The third-order valence-corrected chi connectivity index (χ3v) is 7.05. The van der Waals surface area contributed by atoms with Crippen molar-refractivity contribution in [2.45, 2.75) is 32.9 Å². The first-order valence-corrected chi connectivity index (χ1v) is 11.6. The summed E-state index contributed by atoms with van der Waals surface area (Å²) in [4.78, 5) is 9.24. The highest BCUT2D eigenvalue weighted by molar-refractivity contribution is 9.10. The van der Waals surface area contributed by atoms with Crippen LogP contribution in [0.5, 0.6) is 0 Å². The molecule has 28 heavy (non-hydrogen) atoms. The third kappa shape index (κ3) is 4.53. The molecule has 0 aliphatic carbocycles. The monoisotopic (exact) mass is 468 g/mol. The van der Waals surface area contributed by atoms with Crippen LogP contribution in [0.2, 0.25) is 0 Å². The van der Waals surface area contributed by atoms with Crippen molar-refractivity contribution >= 4 is 47.9 Å². The lowest BCUT2D eigenvalue weighted by atomic mass is 10.2. The van der Waals surface area contributed by atoms with Gasteiger partial charge in [-0.2, -0.15) is 0 Å². The molecule has 2 aromatic heterocycles. The van der Waals surface area contributed by atoms with E-state index in [1.54, 1.807) is 20.3 Å². The van der Waals surface area contributed by atoms with Gasteiger partial charge < -0.3 is 9.30 Å². The van der Waals surface area contributed by atoms with Gasteiger partial charge in [-0.25, -0.2) is 17.7 Å². The number of hydrogen-bond acceptors (Lipinski definition) is 5. The molecular formula is C19H25BrN4O3S. The van der Waals surface area contributed by atoms with Crippen molar-refractivity contribution < 1.29 is 13.2 Å². The maximum absolute atomic E-state index is 12.0. The molecule has 2 heterocycles. The van der Waals surface area contributed by atoms with Gasteiger partial charge in [-0.15, -0.1) is 0 Å². The lowest BCUT2D eigenvalue weighted by Gasteiger charge is -2.13. The molecule has 0 radical (unpaired) electrons. The van der Waals surface area contributed by atoms with Gasteiger partial charge in [0.1, 0.15) is 17.9 Å². The molecule has 0 aliphatic heterocycles. The van der Waals surface area contributed by atoms with Crippen LogP contribution < -0.4 is 0 Å². The van der Waals surface area contributed by atoms with Crippen LogP contribution >= 0.6 is 15.9 Å². The number of ether oxygens (including phenoxy) is 1. The van der Waals surface area contributed by atoms with Gasteiger partial charge in [-0.1, -0.05) is 15.9 Å². The number of pyridine rings is 1. The molecule has 9 heteroatoms. The minimum atomic E-state index is -3.18. The number of unbranched alkanes of at least 4 members (excludes halogenated alkanes) is 1. The van der Waals surface area contributed by atoms with Crippen LogP contribution in [0.3, 0.4) is 0 Å². The average Bonchev–Trinajstić information content (AvgIpc) is 3.01. The molecule has 1 aromatic carbocycles. The minimum absolute atomic E-state index is 0.142. The summed E-state index contributed by atoms with van der Waals surface area (Å²) in [6.45, 7) is 3.65. The summed E-state index contributed by atoms with van der Waals surface area (Å²) in [6.07, 6.45) is 3.10. The number of aromatic nitrogens is 3. The zero-order valence-corrected chi connectivity index (χ0v) is 18.8. The topological polar surface area (TPSA) is 77.3 Å². The Balaban J connectivity index is 1.93. The van der Waals surface area contributed by atoms with E-state index >= 15 is 0 Å². The van der Waals surface area contributed by atoms with E-state index in [4.69, 9.17) is 9.72 Å². The number of rotatable bonds is 9. The number of aryl methyl sites for hydroxylation is 1. The lowest BCUT2D eigenvalue weighted by Crippen LogP contribution is -2.25. The predicted molar refractivity (Wildman–Crippen MR) is 115 cm³/mol. The fraction of sp³-hybridized carbons (Fsp3) is 0.474. The molecule has 0 saturated heterocycles. The summed E-state index contributed by atoms with van der Waals surface area (Å²) in [5, 5.41) is 1.02. The van der Waals surface area contributed by atoms with Gasteiger partial charge in [0.05, 0.1) is 23.0 Å². The van der Waals surface area contributed by atoms with Crippen molar-refractivity contribution in [2.75, 3.05) is 26.5 Å². The van der Waals surface area contributed by atoms with E-state index in [1.807, 2.05) is 25.1 Å². The first-order valence-electron chi connectivity index (χ1n) is 9.25. The number of nitrogens with zero attached hydrogens (tertiary/aromatic N) is 4. The summed E-state index contributed by atoms with van der Waals surface area (Å²) < 4.78 is 34.0. The Bertz CT molecular complexity index is 1080.